The van der Waals surface area contributed by atoms with Crippen molar-refractivity contribution in [1.29, 1.82) is 0 Å². The number of carbonyl (C=O) groups is 1. The highest BCUT2D eigenvalue weighted by Gasteiger charge is 2.21. The predicted octanol–water partition coefficient (Wildman–Crippen LogP) is 3.92. The molecule has 3 heteroatoms. The standard InChI is InChI=1S/C18H20O3/c1-12-5-4-6-14(9-12)15(11-18(19)20)16-10-13(2)7-8-17(16)21-3/h4-10,15H,11H2,1-3H3,(H,19,20). The van der Waals surface area contributed by atoms with E-state index >= 15 is 0 Å². The molecule has 0 fully saturated rings. The van der Waals surface area contributed by atoms with Crippen molar-refractivity contribution in [1.82, 2.24) is 0 Å². The predicted molar refractivity (Wildman–Crippen MR) is 83.0 cm³/mol. The van der Waals surface area contributed by atoms with E-state index in [1.54, 1.807) is 7.11 Å². The van der Waals surface area contributed by atoms with Crippen LogP contribution in [0, 0.1) is 13.8 Å². The van der Waals surface area contributed by atoms with E-state index in [0.717, 1.165) is 28.0 Å². The molecule has 3 nitrogen and oxygen atoms in total. The van der Waals surface area contributed by atoms with E-state index < -0.39 is 5.97 Å². The summed E-state index contributed by atoms with van der Waals surface area (Å²) in [4.78, 5) is 11.3. The topological polar surface area (TPSA) is 46.5 Å². The van der Waals surface area contributed by atoms with E-state index in [4.69, 9.17) is 4.74 Å². The number of carboxylic acids is 1. The van der Waals surface area contributed by atoms with Crippen LogP contribution < -0.4 is 4.74 Å². The average molecular weight is 284 g/mol. The Hall–Kier alpha value is -2.29. The summed E-state index contributed by atoms with van der Waals surface area (Å²) in [5.41, 5.74) is 4.13. The lowest BCUT2D eigenvalue weighted by molar-refractivity contribution is -0.137. The largest absolute Gasteiger partial charge is 0.496 e. The van der Waals surface area contributed by atoms with Crippen LogP contribution >= 0.6 is 0 Å². The van der Waals surface area contributed by atoms with Gasteiger partial charge in [-0.1, -0.05) is 47.5 Å². The highest BCUT2D eigenvalue weighted by Crippen LogP contribution is 2.35. The van der Waals surface area contributed by atoms with Crippen molar-refractivity contribution in [2.45, 2.75) is 26.2 Å². The zero-order chi connectivity index (χ0) is 15.4. The summed E-state index contributed by atoms with van der Waals surface area (Å²) in [5.74, 6) is -0.296. The number of hydrogen-bond donors (Lipinski definition) is 1. The van der Waals surface area contributed by atoms with Crippen LogP contribution in [0.3, 0.4) is 0 Å². The first-order chi connectivity index (χ1) is 10.0. The Labute approximate surface area is 125 Å². The number of aliphatic carboxylic acids is 1. The van der Waals surface area contributed by atoms with Crippen molar-refractivity contribution >= 4 is 5.97 Å². The Kier molecular flexibility index (Phi) is 4.63. The summed E-state index contributed by atoms with van der Waals surface area (Å²) in [6.07, 6.45) is 0.0449. The molecule has 2 aromatic carbocycles. The van der Waals surface area contributed by atoms with Crippen LogP contribution in [0.15, 0.2) is 42.5 Å². The van der Waals surface area contributed by atoms with Crippen molar-refractivity contribution in [3.63, 3.8) is 0 Å². The van der Waals surface area contributed by atoms with Gasteiger partial charge in [0.25, 0.3) is 0 Å². The van der Waals surface area contributed by atoms with Gasteiger partial charge < -0.3 is 9.84 Å². The lowest BCUT2D eigenvalue weighted by Crippen LogP contribution is -2.10. The minimum atomic E-state index is -0.815. The van der Waals surface area contributed by atoms with Gasteiger partial charge in [-0.15, -0.1) is 0 Å². The molecule has 0 aliphatic carbocycles. The normalized spacial score (nSPS) is 12.0. The van der Waals surface area contributed by atoms with Crippen molar-refractivity contribution in [2.24, 2.45) is 0 Å². The highest BCUT2D eigenvalue weighted by molar-refractivity contribution is 5.69. The van der Waals surface area contributed by atoms with Gasteiger partial charge in [0.2, 0.25) is 0 Å². The van der Waals surface area contributed by atoms with Gasteiger partial charge in [0.1, 0.15) is 5.75 Å². The zero-order valence-electron chi connectivity index (χ0n) is 12.6. The molecule has 1 atom stereocenters. The second-order valence-electron chi connectivity index (χ2n) is 5.31. The van der Waals surface area contributed by atoms with Gasteiger partial charge >= 0.3 is 5.97 Å². The van der Waals surface area contributed by atoms with Crippen LogP contribution in [-0.4, -0.2) is 18.2 Å². The summed E-state index contributed by atoms with van der Waals surface area (Å²) in [6.45, 7) is 4.01. The minimum Gasteiger partial charge on any atom is -0.496 e. The fourth-order valence-corrected chi connectivity index (χ4v) is 2.59. The summed E-state index contributed by atoms with van der Waals surface area (Å²) in [7, 11) is 1.61. The molecule has 0 saturated carbocycles. The lowest BCUT2D eigenvalue weighted by atomic mass is 9.86. The van der Waals surface area contributed by atoms with Gasteiger partial charge in [0.15, 0.2) is 0 Å². The molecule has 21 heavy (non-hydrogen) atoms. The second kappa shape index (κ2) is 6.44. The number of rotatable bonds is 5. The monoisotopic (exact) mass is 284 g/mol. The average Bonchev–Trinajstić information content (AvgIpc) is 2.44. The maximum atomic E-state index is 11.3. The maximum Gasteiger partial charge on any atom is 0.304 e. The molecule has 0 spiro atoms. The third-order valence-corrected chi connectivity index (χ3v) is 3.58. The second-order valence-corrected chi connectivity index (χ2v) is 5.31. The van der Waals surface area contributed by atoms with Gasteiger partial charge in [-0.25, -0.2) is 0 Å². The van der Waals surface area contributed by atoms with Crippen molar-refractivity contribution in [2.75, 3.05) is 7.11 Å². The molecule has 1 unspecified atom stereocenters. The number of carboxylic acid groups (broad SMARTS) is 1. The van der Waals surface area contributed by atoms with E-state index in [1.165, 1.54) is 0 Å². The van der Waals surface area contributed by atoms with E-state index in [-0.39, 0.29) is 12.3 Å². The third kappa shape index (κ3) is 3.63. The first kappa shape index (κ1) is 15.1. The fourth-order valence-electron chi connectivity index (χ4n) is 2.59. The van der Waals surface area contributed by atoms with Gasteiger partial charge in [-0.3, -0.25) is 4.79 Å². The maximum absolute atomic E-state index is 11.3. The van der Waals surface area contributed by atoms with Crippen molar-refractivity contribution in [3.05, 3.63) is 64.7 Å². The van der Waals surface area contributed by atoms with Gasteiger partial charge in [-0.05, 0) is 25.5 Å². The molecular formula is C18H20O3. The molecular weight excluding hydrogens is 264 g/mol. The van der Waals surface area contributed by atoms with Crippen LogP contribution in [0.5, 0.6) is 5.75 Å². The highest BCUT2D eigenvalue weighted by atomic mass is 16.5. The Morgan fingerprint density at radius 1 is 1.14 bits per heavy atom. The van der Waals surface area contributed by atoms with Crippen LogP contribution in [0.1, 0.15) is 34.6 Å². The first-order valence-electron chi connectivity index (χ1n) is 6.94. The molecule has 0 aliphatic rings. The molecule has 1 N–H and O–H groups in total. The number of aryl methyl sites for hydroxylation is 2. The quantitative estimate of drug-likeness (QED) is 0.905. The van der Waals surface area contributed by atoms with E-state index in [0.29, 0.717) is 0 Å². The minimum absolute atomic E-state index is 0.0449. The Morgan fingerprint density at radius 3 is 2.48 bits per heavy atom. The number of ether oxygens (including phenoxy) is 1. The molecule has 0 radical (unpaired) electrons. The summed E-state index contributed by atoms with van der Waals surface area (Å²) < 4.78 is 5.42. The van der Waals surface area contributed by atoms with Gasteiger partial charge in [0.05, 0.1) is 13.5 Å². The first-order valence-corrected chi connectivity index (χ1v) is 6.94. The smallest absolute Gasteiger partial charge is 0.304 e. The van der Waals surface area contributed by atoms with E-state index in [2.05, 4.69) is 0 Å². The van der Waals surface area contributed by atoms with Gasteiger partial charge in [-0.2, -0.15) is 0 Å². The Morgan fingerprint density at radius 2 is 1.86 bits per heavy atom. The fraction of sp³-hybridized carbons (Fsp3) is 0.278. The molecule has 0 saturated heterocycles. The molecule has 0 bridgehead atoms. The molecule has 0 amide bonds. The van der Waals surface area contributed by atoms with E-state index in [1.807, 2.05) is 56.3 Å². The van der Waals surface area contributed by atoms with Crippen LogP contribution in [0.2, 0.25) is 0 Å². The number of methoxy groups -OCH3 is 1. The van der Waals surface area contributed by atoms with Crippen molar-refractivity contribution < 1.29 is 14.6 Å². The van der Waals surface area contributed by atoms with Crippen LogP contribution in [0.25, 0.3) is 0 Å². The molecule has 2 rings (SSSR count). The molecule has 110 valence electrons. The summed E-state index contributed by atoms with van der Waals surface area (Å²) in [6, 6.07) is 13.9. The Balaban J connectivity index is 2.55. The zero-order valence-corrected chi connectivity index (χ0v) is 12.6. The molecule has 0 aromatic heterocycles. The molecule has 0 aliphatic heterocycles. The lowest BCUT2D eigenvalue weighted by Gasteiger charge is -2.20. The SMILES string of the molecule is COc1ccc(C)cc1C(CC(=O)O)c1cccc(C)c1. The van der Waals surface area contributed by atoms with Crippen LogP contribution in [0.4, 0.5) is 0 Å². The Bertz CT molecular complexity index is 647. The number of hydrogen-bond acceptors (Lipinski definition) is 2. The molecule has 0 heterocycles. The van der Waals surface area contributed by atoms with Crippen LogP contribution in [-0.2, 0) is 4.79 Å². The molecule has 2 aromatic rings. The van der Waals surface area contributed by atoms with Gasteiger partial charge in [0, 0.05) is 11.5 Å². The summed E-state index contributed by atoms with van der Waals surface area (Å²) in [5, 5.41) is 9.27. The van der Waals surface area contributed by atoms with Crippen molar-refractivity contribution in [3.8, 4) is 5.75 Å². The third-order valence-electron chi connectivity index (χ3n) is 3.58. The van der Waals surface area contributed by atoms with E-state index in [9.17, 15) is 9.90 Å². The number of benzene rings is 2. The summed E-state index contributed by atoms with van der Waals surface area (Å²) >= 11 is 0.